The first-order chi connectivity index (χ1) is 16.9. The van der Waals surface area contributed by atoms with Crippen molar-refractivity contribution >= 4 is 21.7 Å². The molecule has 0 aliphatic carbocycles. The van der Waals surface area contributed by atoms with Crippen molar-refractivity contribution in [1.82, 2.24) is 10.2 Å². The van der Waals surface area contributed by atoms with Crippen molar-refractivity contribution in [3.8, 4) is 28.7 Å². The molecule has 0 radical (unpaired) electrons. The Morgan fingerprint density at radius 1 is 0.944 bits per heavy atom. The number of aryl methyl sites for hydroxylation is 1. The minimum Gasteiger partial charge on any atom is -0.478 e. The van der Waals surface area contributed by atoms with Gasteiger partial charge in [-0.05, 0) is 73.2 Å². The molecule has 4 aromatic rings. The molecule has 1 aromatic heterocycles. The number of aromatic nitrogens is 2. The van der Waals surface area contributed by atoms with E-state index in [1.807, 2.05) is 0 Å². The van der Waals surface area contributed by atoms with Crippen molar-refractivity contribution in [2.45, 2.75) is 18.2 Å². The maximum atomic E-state index is 12.7. The molecule has 0 spiro atoms. The topological polar surface area (TPSA) is 132 Å². The number of aromatic carboxylic acids is 1. The zero-order chi connectivity index (χ0) is 26.1. The number of benzene rings is 3. The van der Waals surface area contributed by atoms with Gasteiger partial charge in [0.25, 0.3) is 10.0 Å². The Hall–Kier alpha value is -4.39. The molecule has 0 saturated heterocycles. The van der Waals surface area contributed by atoms with Gasteiger partial charge in [0, 0.05) is 16.8 Å². The number of hydrogen-bond acceptors (Lipinski definition) is 7. The van der Waals surface area contributed by atoms with Crippen LogP contribution in [-0.2, 0) is 10.0 Å². The van der Waals surface area contributed by atoms with Crippen molar-refractivity contribution in [1.29, 1.82) is 0 Å². The smallest absolute Gasteiger partial charge is 0.478 e. The van der Waals surface area contributed by atoms with Crippen molar-refractivity contribution in [2.75, 3.05) is 4.72 Å². The Balaban J connectivity index is 1.49. The van der Waals surface area contributed by atoms with Crippen LogP contribution in [0.25, 0.3) is 22.9 Å². The SMILES string of the molecule is Cc1ccc(S(=O)(=O)Nc2ccc(-c3nnc(-c4ccc(OC(F)(F)F)cc4)o3)cc2)cc1C(=O)O. The summed E-state index contributed by atoms with van der Waals surface area (Å²) in [6.45, 7) is 1.56. The molecular weight excluding hydrogens is 503 g/mol. The van der Waals surface area contributed by atoms with Crippen molar-refractivity contribution in [3.63, 3.8) is 0 Å². The third-order valence-electron chi connectivity index (χ3n) is 4.89. The molecule has 9 nitrogen and oxygen atoms in total. The van der Waals surface area contributed by atoms with Crippen LogP contribution >= 0.6 is 0 Å². The van der Waals surface area contributed by atoms with E-state index in [0.717, 1.165) is 18.2 Å². The van der Waals surface area contributed by atoms with Crippen molar-refractivity contribution in [2.24, 2.45) is 0 Å². The Morgan fingerprint density at radius 2 is 1.50 bits per heavy atom. The van der Waals surface area contributed by atoms with E-state index in [0.29, 0.717) is 16.7 Å². The number of anilines is 1. The average Bonchev–Trinajstić information content (AvgIpc) is 3.29. The van der Waals surface area contributed by atoms with Gasteiger partial charge in [-0.1, -0.05) is 6.07 Å². The fraction of sp³-hybridized carbons (Fsp3) is 0.0870. The zero-order valence-electron chi connectivity index (χ0n) is 18.3. The molecular formula is C23H16F3N3O6S. The molecule has 0 atom stereocenters. The lowest BCUT2D eigenvalue weighted by atomic mass is 10.1. The predicted octanol–water partition coefficient (Wildman–Crippen LogP) is 5.11. The first-order valence-corrected chi connectivity index (χ1v) is 11.6. The number of rotatable bonds is 7. The second-order valence-electron chi connectivity index (χ2n) is 7.45. The number of nitrogens with one attached hydrogen (secondary N) is 1. The summed E-state index contributed by atoms with van der Waals surface area (Å²) in [5, 5.41) is 17.0. The molecule has 3 aromatic carbocycles. The number of carbonyl (C=O) groups is 1. The van der Waals surface area contributed by atoms with E-state index in [9.17, 15) is 31.5 Å². The van der Waals surface area contributed by atoms with Gasteiger partial charge in [-0.25, -0.2) is 13.2 Å². The third kappa shape index (κ3) is 5.63. The van der Waals surface area contributed by atoms with Gasteiger partial charge in [0.05, 0.1) is 10.5 Å². The first kappa shape index (κ1) is 24.7. The Morgan fingerprint density at radius 3 is 2.03 bits per heavy atom. The van der Waals surface area contributed by atoms with Crippen LogP contribution < -0.4 is 9.46 Å². The average molecular weight is 519 g/mol. The summed E-state index contributed by atoms with van der Waals surface area (Å²) in [7, 11) is -4.06. The van der Waals surface area contributed by atoms with Gasteiger partial charge < -0.3 is 14.3 Å². The molecule has 0 aliphatic rings. The van der Waals surface area contributed by atoms with Crippen LogP contribution in [0.4, 0.5) is 18.9 Å². The molecule has 186 valence electrons. The molecule has 1 heterocycles. The number of alkyl halides is 3. The first-order valence-electron chi connectivity index (χ1n) is 10.1. The molecule has 36 heavy (non-hydrogen) atoms. The summed E-state index contributed by atoms with van der Waals surface area (Å²) >= 11 is 0. The lowest BCUT2D eigenvalue weighted by Gasteiger charge is -2.10. The second kappa shape index (κ2) is 9.34. The van der Waals surface area contributed by atoms with Gasteiger partial charge >= 0.3 is 12.3 Å². The Labute approximate surface area is 202 Å². The van der Waals surface area contributed by atoms with Crippen LogP contribution in [0.2, 0.25) is 0 Å². The number of carboxylic acids is 1. The third-order valence-corrected chi connectivity index (χ3v) is 6.27. The van der Waals surface area contributed by atoms with E-state index in [1.165, 1.54) is 48.5 Å². The molecule has 0 aliphatic heterocycles. The quantitative estimate of drug-likeness (QED) is 0.344. The summed E-state index contributed by atoms with van der Waals surface area (Å²) in [5.41, 5.74) is 1.33. The van der Waals surface area contributed by atoms with E-state index in [-0.39, 0.29) is 27.9 Å². The number of nitrogens with zero attached hydrogens (tertiary/aromatic N) is 2. The molecule has 2 N–H and O–H groups in total. The van der Waals surface area contributed by atoms with Crippen LogP contribution in [0.1, 0.15) is 15.9 Å². The molecule has 13 heteroatoms. The monoisotopic (exact) mass is 519 g/mol. The molecule has 0 unspecified atom stereocenters. The van der Waals surface area contributed by atoms with Gasteiger partial charge in [-0.15, -0.1) is 23.4 Å². The highest BCUT2D eigenvalue weighted by molar-refractivity contribution is 7.92. The lowest BCUT2D eigenvalue weighted by Crippen LogP contribution is -2.16. The molecule has 0 bridgehead atoms. The van der Waals surface area contributed by atoms with Gasteiger partial charge in [0.1, 0.15) is 5.75 Å². The largest absolute Gasteiger partial charge is 0.573 e. The fourth-order valence-electron chi connectivity index (χ4n) is 3.15. The van der Waals surface area contributed by atoms with Crippen molar-refractivity contribution in [3.05, 3.63) is 77.9 Å². The van der Waals surface area contributed by atoms with E-state index < -0.39 is 28.1 Å². The summed E-state index contributed by atoms with van der Waals surface area (Å²) in [5.74, 6) is -1.48. The number of halogens is 3. The standard InChI is InChI=1S/C23H16F3N3O6S/c1-13-2-11-18(12-19(13)22(30)31)36(32,33)29-16-7-3-14(4-8-16)20-27-28-21(34-20)15-5-9-17(10-6-15)35-23(24,25)26/h2-12,29H,1H3,(H,30,31). The van der Waals surface area contributed by atoms with Gasteiger partial charge in [0.2, 0.25) is 11.8 Å². The van der Waals surface area contributed by atoms with Crippen LogP contribution in [0, 0.1) is 6.92 Å². The minimum atomic E-state index is -4.80. The predicted molar refractivity (Wildman–Crippen MR) is 121 cm³/mol. The highest BCUT2D eigenvalue weighted by atomic mass is 32.2. The number of carboxylic acid groups (broad SMARTS) is 1. The van der Waals surface area contributed by atoms with Crippen LogP contribution in [-0.4, -0.2) is 36.1 Å². The van der Waals surface area contributed by atoms with E-state index in [4.69, 9.17) is 4.42 Å². The highest BCUT2D eigenvalue weighted by Crippen LogP contribution is 2.29. The van der Waals surface area contributed by atoms with Crippen LogP contribution in [0.5, 0.6) is 5.75 Å². The minimum absolute atomic E-state index is 0.0574. The van der Waals surface area contributed by atoms with Gasteiger partial charge in [-0.2, -0.15) is 0 Å². The molecule has 0 fully saturated rings. The molecule has 0 saturated carbocycles. The van der Waals surface area contributed by atoms with E-state index in [1.54, 1.807) is 6.92 Å². The molecule has 4 rings (SSSR count). The Bertz CT molecular complexity index is 1520. The van der Waals surface area contributed by atoms with Gasteiger partial charge in [0.15, 0.2) is 0 Å². The van der Waals surface area contributed by atoms with Crippen LogP contribution in [0.15, 0.2) is 76.0 Å². The summed E-state index contributed by atoms with van der Waals surface area (Å²) in [4.78, 5) is 11.1. The number of ether oxygens (including phenoxy) is 1. The molecule has 0 amide bonds. The van der Waals surface area contributed by atoms with Crippen molar-refractivity contribution < 1.29 is 40.6 Å². The lowest BCUT2D eigenvalue weighted by molar-refractivity contribution is -0.274. The Kier molecular flexibility index (Phi) is 6.41. The van der Waals surface area contributed by atoms with E-state index >= 15 is 0 Å². The fourth-order valence-corrected chi connectivity index (χ4v) is 4.23. The zero-order valence-corrected chi connectivity index (χ0v) is 19.1. The maximum Gasteiger partial charge on any atom is 0.573 e. The van der Waals surface area contributed by atoms with E-state index in [2.05, 4.69) is 19.7 Å². The summed E-state index contributed by atoms with van der Waals surface area (Å²) in [6, 6.07) is 14.6. The highest BCUT2D eigenvalue weighted by Gasteiger charge is 2.31. The second-order valence-corrected chi connectivity index (χ2v) is 9.13. The summed E-state index contributed by atoms with van der Waals surface area (Å²) < 4.78 is 74.0. The maximum absolute atomic E-state index is 12.7. The number of hydrogen-bond donors (Lipinski definition) is 2. The summed E-state index contributed by atoms with van der Waals surface area (Å²) in [6.07, 6.45) is -4.80. The van der Waals surface area contributed by atoms with Gasteiger partial charge in [-0.3, -0.25) is 4.72 Å². The number of sulfonamides is 1. The normalized spacial score (nSPS) is 11.8. The van der Waals surface area contributed by atoms with Crippen LogP contribution in [0.3, 0.4) is 0 Å².